The van der Waals surface area contributed by atoms with Crippen molar-refractivity contribution in [1.29, 1.82) is 0 Å². The smallest absolute Gasteiger partial charge is 0.249 e. The number of ether oxygens (including phenoxy) is 2. The number of para-hydroxylation sites is 1. The first kappa shape index (κ1) is 32.5. The Morgan fingerprint density at radius 2 is 2.00 bits per heavy atom. The molecular weight excluding hydrogens is 651 g/mol. The summed E-state index contributed by atoms with van der Waals surface area (Å²) in [7, 11) is 0. The molecule has 1 aromatic carbocycles. The molecular formula is C32H43IN2O7. The van der Waals surface area contributed by atoms with Gasteiger partial charge in [0.1, 0.15) is 24.6 Å². The summed E-state index contributed by atoms with van der Waals surface area (Å²) in [6.07, 6.45) is 5.96. The van der Waals surface area contributed by atoms with E-state index in [1.54, 1.807) is 35.6 Å². The van der Waals surface area contributed by atoms with E-state index in [0.717, 1.165) is 28.4 Å². The maximum atomic E-state index is 13.9. The second-order valence-electron chi connectivity index (χ2n) is 11.8. The Morgan fingerprint density at radius 1 is 1.21 bits per heavy atom. The number of benzene rings is 1. The van der Waals surface area contributed by atoms with E-state index in [9.17, 15) is 19.8 Å². The largest absolute Gasteiger partial charge is 0.482 e. The fourth-order valence-corrected chi connectivity index (χ4v) is 6.52. The van der Waals surface area contributed by atoms with Crippen LogP contribution in [0.3, 0.4) is 0 Å². The molecule has 3 N–H and O–H groups in total. The van der Waals surface area contributed by atoms with Gasteiger partial charge < -0.3 is 34.3 Å². The maximum Gasteiger partial charge on any atom is 0.249 e. The number of furan rings is 1. The molecule has 10 heteroatoms. The quantitative estimate of drug-likeness (QED) is 0.284. The van der Waals surface area contributed by atoms with Crippen LogP contribution >= 0.6 is 22.6 Å². The summed E-state index contributed by atoms with van der Waals surface area (Å²) in [4.78, 5) is 28.6. The van der Waals surface area contributed by atoms with E-state index < -0.39 is 18.2 Å². The van der Waals surface area contributed by atoms with E-state index in [1.807, 2.05) is 18.2 Å². The van der Waals surface area contributed by atoms with Crippen LogP contribution in [0.5, 0.6) is 5.75 Å². The van der Waals surface area contributed by atoms with Crippen molar-refractivity contribution in [3.63, 3.8) is 0 Å². The van der Waals surface area contributed by atoms with Gasteiger partial charge in [0.05, 0.1) is 34.8 Å². The molecule has 230 valence electrons. The number of hydrogen-bond donors (Lipinski definition) is 3. The van der Waals surface area contributed by atoms with E-state index in [4.69, 9.17) is 13.9 Å². The Kier molecular flexibility index (Phi) is 11.9. The van der Waals surface area contributed by atoms with Gasteiger partial charge in [0.25, 0.3) is 0 Å². The SMILES string of the molecule is CC1CCC(C(C)C)C(OCC(=O)N(Cc2ccoc2)C2CC(C(=O)NCCO)=CC(Oc3ccccc3I)C2O)C1. The molecule has 1 heterocycles. The van der Waals surface area contributed by atoms with E-state index >= 15 is 0 Å². The van der Waals surface area contributed by atoms with Crippen molar-refractivity contribution in [3.05, 3.63) is 63.6 Å². The second kappa shape index (κ2) is 15.4. The third kappa shape index (κ3) is 8.36. The Balaban J connectivity index is 1.60. The molecule has 4 rings (SSSR count). The van der Waals surface area contributed by atoms with Crippen molar-refractivity contribution in [2.75, 3.05) is 19.8 Å². The molecule has 1 saturated carbocycles. The zero-order chi connectivity index (χ0) is 30.2. The molecule has 0 aliphatic heterocycles. The zero-order valence-corrected chi connectivity index (χ0v) is 26.7. The summed E-state index contributed by atoms with van der Waals surface area (Å²) in [6, 6.07) is 8.43. The van der Waals surface area contributed by atoms with Gasteiger partial charge in [0, 0.05) is 30.6 Å². The van der Waals surface area contributed by atoms with Crippen LogP contribution in [0.25, 0.3) is 0 Å². The molecule has 0 radical (unpaired) electrons. The van der Waals surface area contributed by atoms with Crippen LogP contribution in [-0.2, 0) is 20.9 Å². The topological polar surface area (TPSA) is 121 Å². The molecule has 2 aromatic rings. The van der Waals surface area contributed by atoms with Gasteiger partial charge in [0.2, 0.25) is 11.8 Å². The molecule has 6 atom stereocenters. The van der Waals surface area contributed by atoms with E-state index in [-0.39, 0.29) is 50.6 Å². The summed E-state index contributed by atoms with van der Waals surface area (Å²) >= 11 is 2.16. The first-order valence-electron chi connectivity index (χ1n) is 14.8. The average molecular weight is 695 g/mol. The number of carbonyl (C=O) groups is 2. The third-order valence-corrected chi connectivity index (χ3v) is 9.24. The Bertz CT molecular complexity index is 1200. The summed E-state index contributed by atoms with van der Waals surface area (Å²) in [5, 5.41) is 23.6. The van der Waals surface area contributed by atoms with Crippen LogP contribution < -0.4 is 10.1 Å². The van der Waals surface area contributed by atoms with Crippen LogP contribution in [0.4, 0.5) is 0 Å². The van der Waals surface area contributed by atoms with Crippen molar-refractivity contribution in [2.45, 2.75) is 77.4 Å². The highest BCUT2D eigenvalue weighted by molar-refractivity contribution is 14.1. The number of aliphatic hydroxyl groups excluding tert-OH is 2. The summed E-state index contributed by atoms with van der Waals surface area (Å²) in [5.74, 6) is 1.28. The van der Waals surface area contributed by atoms with Gasteiger partial charge in [-0.15, -0.1) is 0 Å². The highest BCUT2D eigenvalue weighted by atomic mass is 127. The average Bonchev–Trinajstić information content (AvgIpc) is 3.49. The highest BCUT2D eigenvalue weighted by Crippen LogP contribution is 2.36. The Hall–Kier alpha value is -2.41. The van der Waals surface area contributed by atoms with Gasteiger partial charge in [-0.25, -0.2) is 0 Å². The molecule has 9 nitrogen and oxygen atoms in total. The second-order valence-corrected chi connectivity index (χ2v) is 12.9. The Morgan fingerprint density at radius 3 is 2.69 bits per heavy atom. The van der Waals surface area contributed by atoms with Crippen molar-refractivity contribution in [1.82, 2.24) is 10.2 Å². The fourth-order valence-electron chi connectivity index (χ4n) is 6.00. The van der Waals surface area contributed by atoms with Crippen molar-refractivity contribution >= 4 is 34.4 Å². The lowest BCUT2D eigenvalue weighted by molar-refractivity contribution is -0.149. The molecule has 0 bridgehead atoms. The van der Waals surface area contributed by atoms with Crippen molar-refractivity contribution < 1.29 is 33.7 Å². The predicted octanol–water partition coefficient (Wildman–Crippen LogP) is 4.31. The van der Waals surface area contributed by atoms with E-state index in [1.165, 1.54) is 0 Å². The first-order chi connectivity index (χ1) is 20.2. The molecule has 0 saturated heterocycles. The van der Waals surface area contributed by atoms with Gasteiger partial charge in [-0.3, -0.25) is 9.59 Å². The lowest BCUT2D eigenvalue weighted by atomic mass is 9.75. The minimum absolute atomic E-state index is 0.0132. The fraction of sp³-hybridized carbons (Fsp3) is 0.562. The molecule has 6 unspecified atom stereocenters. The third-order valence-electron chi connectivity index (χ3n) is 8.35. The van der Waals surface area contributed by atoms with Gasteiger partial charge in [-0.2, -0.15) is 0 Å². The van der Waals surface area contributed by atoms with Gasteiger partial charge >= 0.3 is 0 Å². The minimum atomic E-state index is -1.12. The van der Waals surface area contributed by atoms with Crippen molar-refractivity contribution in [3.8, 4) is 5.75 Å². The molecule has 2 aliphatic rings. The minimum Gasteiger partial charge on any atom is -0.482 e. The summed E-state index contributed by atoms with van der Waals surface area (Å²) in [6.45, 7) is 6.57. The number of aliphatic hydroxyl groups is 2. The summed E-state index contributed by atoms with van der Waals surface area (Å²) in [5.41, 5.74) is 1.14. The molecule has 2 amide bonds. The van der Waals surface area contributed by atoms with Crippen LogP contribution in [0, 0.1) is 21.3 Å². The lowest BCUT2D eigenvalue weighted by Crippen LogP contribution is -2.55. The predicted molar refractivity (Wildman–Crippen MR) is 167 cm³/mol. The number of nitrogens with zero attached hydrogens (tertiary/aromatic N) is 1. The summed E-state index contributed by atoms with van der Waals surface area (Å²) < 4.78 is 18.7. The number of amides is 2. The number of rotatable bonds is 12. The number of halogens is 1. The molecule has 42 heavy (non-hydrogen) atoms. The number of carbonyl (C=O) groups excluding carboxylic acids is 2. The standard InChI is InChI=1S/C32H43IN2O7/c1-20(2)24-9-8-21(3)14-28(24)41-19-30(37)35(17-22-10-13-40-18-22)26-15-23(32(39)34-11-12-36)16-29(31(26)38)42-27-7-5-4-6-25(27)33/h4-7,10,13,16,18,20-21,24,26,28-29,31,36,38H,8-9,11-12,14-15,17,19H2,1-3H3,(H,34,39). The van der Waals surface area contributed by atoms with Gasteiger partial charge in [-0.05, 0) is 77.5 Å². The number of hydrogen-bond acceptors (Lipinski definition) is 7. The van der Waals surface area contributed by atoms with Crippen LogP contribution in [0.15, 0.2) is 58.9 Å². The highest BCUT2D eigenvalue weighted by Gasteiger charge is 2.41. The lowest BCUT2D eigenvalue weighted by Gasteiger charge is -2.41. The van der Waals surface area contributed by atoms with E-state index in [2.05, 4.69) is 48.7 Å². The molecule has 1 fully saturated rings. The molecule has 0 spiro atoms. The van der Waals surface area contributed by atoms with E-state index in [0.29, 0.717) is 29.1 Å². The zero-order valence-electron chi connectivity index (χ0n) is 24.6. The number of nitrogens with one attached hydrogen (secondary N) is 1. The van der Waals surface area contributed by atoms with Gasteiger partial charge in [-0.1, -0.05) is 39.3 Å². The molecule has 1 aromatic heterocycles. The Labute approximate surface area is 261 Å². The van der Waals surface area contributed by atoms with Crippen LogP contribution in [-0.4, -0.2) is 71.0 Å². The van der Waals surface area contributed by atoms with Crippen LogP contribution in [0.1, 0.15) is 52.0 Å². The first-order valence-corrected chi connectivity index (χ1v) is 15.9. The molecule has 2 aliphatic carbocycles. The maximum absolute atomic E-state index is 13.9. The van der Waals surface area contributed by atoms with Gasteiger partial charge in [0.15, 0.2) is 0 Å². The normalized spacial score (nSPS) is 26.0. The van der Waals surface area contributed by atoms with Crippen molar-refractivity contribution in [2.24, 2.45) is 17.8 Å². The van der Waals surface area contributed by atoms with Crippen LogP contribution in [0.2, 0.25) is 0 Å². The monoisotopic (exact) mass is 694 g/mol.